The number of benzene rings is 3. The summed E-state index contributed by atoms with van der Waals surface area (Å²) < 4.78 is 5.62. The molecule has 3 aromatic carbocycles. The highest BCUT2D eigenvalue weighted by Crippen LogP contribution is 2.20. The fraction of sp³-hybridized carbons (Fsp3) is 0.167. The van der Waals surface area contributed by atoms with E-state index in [9.17, 15) is 9.59 Å². The maximum atomic E-state index is 12.6. The average molecular weight is 388 g/mol. The van der Waals surface area contributed by atoms with Crippen LogP contribution in [0.3, 0.4) is 0 Å². The Hall–Kier alpha value is -3.60. The van der Waals surface area contributed by atoms with Crippen molar-refractivity contribution in [2.75, 3.05) is 18.5 Å². The SMILES string of the molecule is CC(CNC(=O)COc1ccccc1C(=O)Nc1ccccc1)c1ccccc1. The van der Waals surface area contributed by atoms with Crippen LogP contribution in [0.1, 0.15) is 28.8 Å². The summed E-state index contributed by atoms with van der Waals surface area (Å²) >= 11 is 0. The Kier molecular flexibility index (Phi) is 7.00. The predicted molar refractivity (Wildman–Crippen MR) is 114 cm³/mol. The lowest BCUT2D eigenvalue weighted by molar-refractivity contribution is -0.123. The summed E-state index contributed by atoms with van der Waals surface area (Å²) in [6.45, 7) is 2.42. The first-order chi connectivity index (χ1) is 14.1. The van der Waals surface area contributed by atoms with E-state index in [1.807, 2.05) is 60.7 Å². The van der Waals surface area contributed by atoms with Crippen molar-refractivity contribution in [3.63, 3.8) is 0 Å². The molecule has 0 aromatic heterocycles. The molecule has 2 amide bonds. The average Bonchev–Trinajstić information content (AvgIpc) is 2.77. The van der Waals surface area contributed by atoms with E-state index >= 15 is 0 Å². The maximum absolute atomic E-state index is 12.6. The second kappa shape index (κ2) is 10.1. The molecule has 0 heterocycles. The van der Waals surface area contributed by atoms with E-state index in [2.05, 4.69) is 17.6 Å². The highest BCUT2D eigenvalue weighted by Gasteiger charge is 2.14. The van der Waals surface area contributed by atoms with E-state index in [1.165, 1.54) is 0 Å². The van der Waals surface area contributed by atoms with Gasteiger partial charge < -0.3 is 15.4 Å². The van der Waals surface area contributed by atoms with Crippen LogP contribution in [0.4, 0.5) is 5.69 Å². The molecule has 148 valence electrons. The minimum absolute atomic E-state index is 0.156. The summed E-state index contributed by atoms with van der Waals surface area (Å²) in [4.78, 5) is 24.7. The first-order valence-corrected chi connectivity index (χ1v) is 9.53. The molecular weight excluding hydrogens is 364 g/mol. The number of hydrogen-bond donors (Lipinski definition) is 2. The molecule has 3 aromatic rings. The molecule has 0 bridgehead atoms. The smallest absolute Gasteiger partial charge is 0.259 e. The van der Waals surface area contributed by atoms with Gasteiger partial charge in [0.25, 0.3) is 11.8 Å². The number of nitrogens with one attached hydrogen (secondary N) is 2. The van der Waals surface area contributed by atoms with Crippen molar-refractivity contribution in [1.29, 1.82) is 0 Å². The van der Waals surface area contributed by atoms with Gasteiger partial charge in [0.05, 0.1) is 5.56 Å². The molecule has 2 N–H and O–H groups in total. The molecule has 0 saturated heterocycles. The van der Waals surface area contributed by atoms with Gasteiger partial charge in [-0.05, 0) is 35.7 Å². The molecule has 0 aliphatic carbocycles. The lowest BCUT2D eigenvalue weighted by Gasteiger charge is -2.14. The summed E-state index contributed by atoms with van der Waals surface area (Å²) in [7, 11) is 0. The van der Waals surface area contributed by atoms with E-state index in [1.54, 1.807) is 24.3 Å². The number of carbonyl (C=O) groups is 2. The normalized spacial score (nSPS) is 11.3. The molecule has 29 heavy (non-hydrogen) atoms. The molecule has 1 atom stereocenters. The zero-order chi connectivity index (χ0) is 20.5. The Morgan fingerprint density at radius 2 is 1.48 bits per heavy atom. The van der Waals surface area contributed by atoms with Crippen LogP contribution in [0.15, 0.2) is 84.9 Å². The molecule has 0 aliphatic rings. The van der Waals surface area contributed by atoms with Crippen LogP contribution in [-0.2, 0) is 4.79 Å². The van der Waals surface area contributed by atoms with Gasteiger partial charge in [0.15, 0.2) is 6.61 Å². The van der Waals surface area contributed by atoms with E-state index in [-0.39, 0.29) is 24.3 Å². The highest BCUT2D eigenvalue weighted by molar-refractivity contribution is 6.06. The van der Waals surface area contributed by atoms with Crippen molar-refractivity contribution >= 4 is 17.5 Å². The molecule has 0 saturated carbocycles. The first kappa shape index (κ1) is 20.1. The summed E-state index contributed by atoms with van der Waals surface area (Å²) in [5.74, 6) is 0.0484. The molecule has 3 rings (SSSR count). The van der Waals surface area contributed by atoms with Gasteiger partial charge in [0.2, 0.25) is 0 Å². The van der Waals surface area contributed by atoms with Crippen molar-refractivity contribution in [1.82, 2.24) is 5.32 Å². The van der Waals surface area contributed by atoms with E-state index < -0.39 is 0 Å². The largest absolute Gasteiger partial charge is 0.483 e. The van der Waals surface area contributed by atoms with Crippen LogP contribution in [0.2, 0.25) is 0 Å². The van der Waals surface area contributed by atoms with Crippen molar-refractivity contribution in [2.24, 2.45) is 0 Å². The number of para-hydroxylation sites is 2. The Balaban J connectivity index is 1.54. The molecule has 5 nitrogen and oxygen atoms in total. The first-order valence-electron chi connectivity index (χ1n) is 9.53. The van der Waals surface area contributed by atoms with Gasteiger partial charge >= 0.3 is 0 Å². The number of anilines is 1. The third kappa shape index (κ3) is 5.94. The van der Waals surface area contributed by atoms with Gasteiger partial charge in [-0.2, -0.15) is 0 Å². The van der Waals surface area contributed by atoms with Crippen molar-refractivity contribution in [3.05, 3.63) is 96.1 Å². The standard InChI is InChI=1S/C24H24N2O3/c1-18(19-10-4-2-5-11-19)16-25-23(27)17-29-22-15-9-8-14-21(22)24(28)26-20-12-6-3-7-13-20/h2-15,18H,16-17H2,1H3,(H,25,27)(H,26,28). The zero-order valence-corrected chi connectivity index (χ0v) is 16.3. The molecule has 0 radical (unpaired) electrons. The molecule has 0 aliphatic heterocycles. The second-order valence-corrected chi connectivity index (χ2v) is 6.72. The van der Waals surface area contributed by atoms with Gasteiger partial charge in [0, 0.05) is 12.2 Å². The van der Waals surface area contributed by atoms with Gasteiger partial charge in [-0.25, -0.2) is 0 Å². The molecule has 1 unspecified atom stereocenters. The third-order valence-electron chi connectivity index (χ3n) is 4.50. The lowest BCUT2D eigenvalue weighted by Crippen LogP contribution is -2.32. The molecule has 0 fully saturated rings. The van der Waals surface area contributed by atoms with Crippen molar-refractivity contribution in [3.8, 4) is 5.75 Å². The topological polar surface area (TPSA) is 67.4 Å². The van der Waals surface area contributed by atoms with Crippen LogP contribution < -0.4 is 15.4 Å². The summed E-state index contributed by atoms with van der Waals surface area (Å²) in [5.41, 5.74) is 2.23. The number of carbonyl (C=O) groups excluding carboxylic acids is 2. The fourth-order valence-electron chi connectivity index (χ4n) is 2.86. The van der Waals surface area contributed by atoms with Gasteiger partial charge in [-0.3, -0.25) is 9.59 Å². The van der Waals surface area contributed by atoms with Crippen LogP contribution in [0.5, 0.6) is 5.75 Å². The van der Waals surface area contributed by atoms with Crippen LogP contribution in [0.25, 0.3) is 0 Å². The summed E-state index contributed by atoms with van der Waals surface area (Å²) in [6.07, 6.45) is 0. The summed E-state index contributed by atoms with van der Waals surface area (Å²) in [6, 6.07) is 26.1. The van der Waals surface area contributed by atoms with E-state index in [4.69, 9.17) is 4.74 Å². The van der Waals surface area contributed by atoms with Crippen LogP contribution in [0, 0.1) is 0 Å². The Morgan fingerprint density at radius 1 is 0.862 bits per heavy atom. The molecule has 5 heteroatoms. The second-order valence-electron chi connectivity index (χ2n) is 6.72. The number of amides is 2. The van der Waals surface area contributed by atoms with Crippen LogP contribution in [-0.4, -0.2) is 25.0 Å². The van der Waals surface area contributed by atoms with Gasteiger partial charge in [-0.1, -0.05) is 67.6 Å². The number of hydrogen-bond acceptors (Lipinski definition) is 3. The van der Waals surface area contributed by atoms with E-state index in [0.29, 0.717) is 23.5 Å². The fourth-order valence-corrected chi connectivity index (χ4v) is 2.86. The number of rotatable bonds is 8. The Labute approximate surface area is 170 Å². The van der Waals surface area contributed by atoms with Crippen LogP contribution >= 0.6 is 0 Å². The summed E-state index contributed by atoms with van der Waals surface area (Å²) in [5, 5.41) is 5.70. The number of ether oxygens (including phenoxy) is 1. The molecular formula is C24H24N2O3. The van der Waals surface area contributed by atoms with Crippen molar-refractivity contribution in [2.45, 2.75) is 12.8 Å². The molecule has 0 spiro atoms. The zero-order valence-electron chi connectivity index (χ0n) is 16.3. The minimum Gasteiger partial charge on any atom is -0.483 e. The minimum atomic E-state index is -0.287. The van der Waals surface area contributed by atoms with E-state index in [0.717, 1.165) is 5.56 Å². The highest BCUT2D eigenvalue weighted by atomic mass is 16.5. The van der Waals surface area contributed by atoms with Gasteiger partial charge in [-0.15, -0.1) is 0 Å². The predicted octanol–water partition coefficient (Wildman–Crippen LogP) is 4.24. The monoisotopic (exact) mass is 388 g/mol. The maximum Gasteiger partial charge on any atom is 0.259 e. The Bertz CT molecular complexity index is 943. The lowest BCUT2D eigenvalue weighted by atomic mass is 10.0. The Morgan fingerprint density at radius 3 is 2.21 bits per heavy atom. The van der Waals surface area contributed by atoms with Gasteiger partial charge in [0.1, 0.15) is 5.75 Å². The van der Waals surface area contributed by atoms with Crippen molar-refractivity contribution < 1.29 is 14.3 Å². The third-order valence-corrected chi connectivity index (χ3v) is 4.50. The quantitative estimate of drug-likeness (QED) is 0.607.